The maximum Gasteiger partial charge on any atom is 0.200 e. The van der Waals surface area contributed by atoms with Crippen LogP contribution in [0.1, 0.15) is 26.3 Å². The monoisotopic (exact) mass is 462 g/mol. The lowest BCUT2D eigenvalue weighted by Gasteiger charge is -2.21. The molecule has 0 fully saturated rings. The molecule has 0 radical (unpaired) electrons. The fourth-order valence-corrected chi connectivity index (χ4v) is 3.54. The molecule has 1 aliphatic rings. The Morgan fingerprint density at radius 1 is 1.08 bits per heavy atom. The van der Waals surface area contributed by atoms with Crippen LogP contribution in [0.15, 0.2) is 40.5 Å². The molecular formula is C20H15IO5. The van der Waals surface area contributed by atoms with Crippen LogP contribution in [0, 0.1) is 0 Å². The highest BCUT2D eigenvalue weighted by molar-refractivity contribution is 14.1. The standard InChI is InChI=1S/C20H15IO5/c1-4-10-5-6-12-14(22)9-13(21)20(24)18(12)17(10)19-15(23)7-11(25-2)8-16(19)26-3/h4-9,23H,1H2,2-3H3. The van der Waals surface area contributed by atoms with Gasteiger partial charge >= 0.3 is 0 Å². The molecule has 132 valence electrons. The van der Waals surface area contributed by atoms with Gasteiger partial charge in [-0.25, -0.2) is 0 Å². The third-order valence-corrected chi connectivity index (χ3v) is 4.99. The summed E-state index contributed by atoms with van der Waals surface area (Å²) in [7, 11) is 2.93. The lowest BCUT2D eigenvalue weighted by molar-refractivity contribution is 0.0993. The van der Waals surface area contributed by atoms with E-state index in [1.807, 2.05) is 22.6 Å². The SMILES string of the molecule is C=Cc1ccc2c(c1-c1c(O)cc(OC)cc1OC)C(=O)C(I)=CC2=O. The van der Waals surface area contributed by atoms with E-state index in [0.717, 1.165) is 0 Å². The van der Waals surface area contributed by atoms with Gasteiger partial charge in [0.15, 0.2) is 5.78 Å². The molecule has 5 nitrogen and oxygen atoms in total. The van der Waals surface area contributed by atoms with Crippen molar-refractivity contribution in [3.63, 3.8) is 0 Å². The number of ether oxygens (including phenoxy) is 2. The van der Waals surface area contributed by atoms with E-state index in [9.17, 15) is 14.7 Å². The number of allylic oxidation sites excluding steroid dienone is 2. The summed E-state index contributed by atoms with van der Waals surface area (Å²) in [6.45, 7) is 3.79. The van der Waals surface area contributed by atoms with Crippen molar-refractivity contribution < 1.29 is 24.2 Å². The van der Waals surface area contributed by atoms with Gasteiger partial charge in [0.05, 0.1) is 23.4 Å². The van der Waals surface area contributed by atoms with Gasteiger partial charge in [0.1, 0.15) is 17.2 Å². The largest absolute Gasteiger partial charge is 0.507 e. The van der Waals surface area contributed by atoms with E-state index in [2.05, 4.69) is 6.58 Å². The summed E-state index contributed by atoms with van der Waals surface area (Å²) in [6, 6.07) is 6.33. The van der Waals surface area contributed by atoms with Crippen LogP contribution in [0.5, 0.6) is 17.2 Å². The Kier molecular flexibility index (Phi) is 4.86. The number of methoxy groups -OCH3 is 2. The fraction of sp³-hybridized carbons (Fsp3) is 0.100. The van der Waals surface area contributed by atoms with E-state index in [1.165, 1.54) is 26.4 Å². The molecule has 3 rings (SSSR count). The summed E-state index contributed by atoms with van der Waals surface area (Å²) in [6.07, 6.45) is 2.88. The van der Waals surface area contributed by atoms with Gasteiger partial charge in [-0.2, -0.15) is 0 Å². The van der Waals surface area contributed by atoms with Crippen molar-refractivity contribution in [3.8, 4) is 28.4 Å². The van der Waals surface area contributed by atoms with Gasteiger partial charge in [0.25, 0.3) is 0 Å². The number of phenols is 1. The second-order valence-electron chi connectivity index (χ2n) is 5.57. The van der Waals surface area contributed by atoms with Crippen LogP contribution >= 0.6 is 22.6 Å². The molecule has 26 heavy (non-hydrogen) atoms. The third-order valence-electron chi connectivity index (χ3n) is 4.19. The van der Waals surface area contributed by atoms with Crippen LogP contribution in [-0.4, -0.2) is 30.9 Å². The topological polar surface area (TPSA) is 72.8 Å². The molecule has 0 aromatic heterocycles. The molecule has 0 spiro atoms. The van der Waals surface area contributed by atoms with E-state index < -0.39 is 0 Å². The Hall–Kier alpha value is -2.61. The lowest BCUT2D eigenvalue weighted by Crippen LogP contribution is -2.16. The van der Waals surface area contributed by atoms with Crippen molar-refractivity contribution >= 4 is 40.2 Å². The molecule has 2 aromatic carbocycles. The normalized spacial score (nSPS) is 13.1. The molecule has 0 saturated heterocycles. The molecular weight excluding hydrogens is 447 g/mol. The second-order valence-corrected chi connectivity index (χ2v) is 6.73. The Morgan fingerprint density at radius 3 is 2.42 bits per heavy atom. The number of Topliss-reactive ketones (excluding diaryl/α,β-unsaturated/α-hetero) is 1. The Bertz CT molecular complexity index is 988. The number of carbonyl (C=O) groups excluding carboxylic acids is 2. The number of ketones is 2. The number of hydrogen-bond donors (Lipinski definition) is 1. The molecule has 1 aliphatic carbocycles. The molecule has 0 amide bonds. The minimum atomic E-state index is -0.281. The summed E-state index contributed by atoms with van der Waals surface area (Å²) in [5, 5.41) is 10.6. The van der Waals surface area contributed by atoms with E-state index in [1.54, 1.807) is 24.3 Å². The molecule has 0 saturated carbocycles. The first-order chi connectivity index (χ1) is 12.4. The Balaban J connectivity index is 2.45. The van der Waals surface area contributed by atoms with Gasteiger partial charge in [-0.15, -0.1) is 0 Å². The smallest absolute Gasteiger partial charge is 0.200 e. The summed E-state index contributed by atoms with van der Waals surface area (Å²) in [4.78, 5) is 25.2. The zero-order chi connectivity index (χ0) is 19.0. The summed E-state index contributed by atoms with van der Waals surface area (Å²) in [5.41, 5.74) is 1.85. The van der Waals surface area contributed by atoms with Crippen molar-refractivity contribution in [2.45, 2.75) is 0 Å². The van der Waals surface area contributed by atoms with Crippen LogP contribution in [0.25, 0.3) is 17.2 Å². The molecule has 0 bridgehead atoms. The average Bonchev–Trinajstić information content (AvgIpc) is 2.64. The van der Waals surface area contributed by atoms with Crippen LogP contribution in [-0.2, 0) is 0 Å². The van der Waals surface area contributed by atoms with Crippen LogP contribution in [0.2, 0.25) is 0 Å². The Labute approximate surface area is 164 Å². The number of rotatable bonds is 4. The summed E-state index contributed by atoms with van der Waals surface area (Å²) in [5.74, 6) is 0.0691. The van der Waals surface area contributed by atoms with E-state index >= 15 is 0 Å². The van der Waals surface area contributed by atoms with Gasteiger partial charge in [-0.3, -0.25) is 9.59 Å². The van der Waals surface area contributed by atoms with Gasteiger partial charge in [-0.1, -0.05) is 18.7 Å². The Morgan fingerprint density at radius 2 is 1.81 bits per heavy atom. The van der Waals surface area contributed by atoms with Crippen LogP contribution in [0.3, 0.4) is 0 Å². The first kappa shape index (κ1) is 18.2. The molecule has 2 aromatic rings. The van der Waals surface area contributed by atoms with Crippen LogP contribution in [0.4, 0.5) is 0 Å². The first-order valence-electron chi connectivity index (χ1n) is 7.64. The van der Waals surface area contributed by atoms with Crippen molar-refractivity contribution in [3.05, 3.63) is 57.2 Å². The predicted molar refractivity (Wildman–Crippen MR) is 108 cm³/mol. The number of benzene rings is 2. The van der Waals surface area contributed by atoms with Gasteiger partial charge in [0.2, 0.25) is 5.78 Å². The third kappa shape index (κ3) is 2.80. The minimum Gasteiger partial charge on any atom is -0.507 e. The number of fused-ring (bicyclic) bond motifs is 1. The zero-order valence-electron chi connectivity index (χ0n) is 14.1. The molecule has 1 N–H and O–H groups in total. The van der Waals surface area contributed by atoms with Crippen molar-refractivity contribution in [2.75, 3.05) is 14.2 Å². The number of hydrogen-bond acceptors (Lipinski definition) is 5. The van der Waals surface area contributed by atoms with Gasteiger partial charge in [-0.05, 0) is 34.2 Å². The van der Waals surface area contributed by atoms with E-state index in [-0.39, 0.29) is 28.4 Å². The number of aromatic hydroxyl groups is 1. The lowest BCUT2D eigenvalue weighted by atomic mass is 9.84. The summed E-state index contributed by atoms with van der Waals surface area (Å²) < 4.78 is 10.9. The van der Waals surface area contributed by atoms with Gasteiger partial charge < -0.3 is 14.6 Å². The highest BCUT2D eigenvalue weighted by Crippen LogP contribution is 2.46. The fourth-order valence-electron chi connectivity index (χ4n) is 2.98. The first-order valence-corrected chi connectivity index (χ1v) is 8.71. The maximum absolute atomic E-state index is 12.8. The van der Waals surface area contributed by atoms with Gasteiger partial charge in [0, 0.05) is 34.9 Å². The van der Waals surface area contributed by atoms with Crippen LogP contribution < -0.4 is 9.47 Å². The average molecular weight is 462 g/mol. The molecule has 0 unspecified atom stereocenters. The van der Waals surface area contributed by atoms with Crippen molar-refractivity contribution in [1.29, 1.82) is 0 Å². The van der Waals surface area contributed by atoms with E-state index in [0.29, 0.717) is 31.8 Å². The zero-order valence-corrected chi connectivity index (χ0v) is 16.3. The molecule has 6 heteroatoms. The quantitative estimate of drug-likeness (QED) is 0.682. The molecule has 0 heterocycles. The summed E-state index contributed by atoms with van der Waals surface area (Å²) >= 11 is 1.84. The number of carbonyl (C=O) groups is 2. The predicted octanol–water partition coefficient (Wildman–Crippen LogP) is 4.42. The number of phenolic OH excluding ortho intramolecular Hbond substituents is 1. The highest BCUT2D eigenvalue weighted by Gasteiger charge is 2.31. The number of halogens is 1. The highest BCUT2D eigenvalue weighted by atomic mass is 127. The van der Waals surface area contributed by atoms with E-state index in [4.69, 9.17) is 9.47 Å². The minimum absolute atomic E-state index is 0.123. The van der Waals surface area contributed by atoms with Crippen molar-refractivity contribution in [1.82, 2.24) is 0 Å². The molecule has 0 aliphatic heterocycles. The molecule has 0 atom stereocenters. The maximum atomic E-state index is 12.8. The second kappa shape index (κ2) is 6.95. The van der Waals surface area contributed by atoms with Crippen molar-refractivity contribution in [2.24, 2.45) is 0 Å².